The average molecular weight is 521 g/mol. The van der Waals surface area contributed by atoms with Crippen LogP contribution < -0.4 is 30.0 Å². The summed E-state index contributed by atoms with van der Waals surface area (Å²) in [5.74, 6) is 0.269. The van der Waals surface area contributed by atoms with Crippen molar-refractivity contribution in [2.24, 2.45) is 11.1 Å². The molecule has 1 amide bonds. The molecule has 1 fully saturated rings. The molecule has 1 aromatic carbocycles. The smallest absolute Gasteiger partial charge is 0.491 e. The summed E-state index contributed by atoms with van der Waals surface area (Å²) in [6.45, 7) is 6.28. The first-order valence-corrected chi connectivity index (χ1v) is 11.3. The fraction of sp³-hybridized carbons (Fsp3) is 0.440. The number of ether oxygens (including phenoxy) is 4. The first kappa shape index (κ1) is 29.3. The highest BCUT2D eigenvalue weighted by Crippen LogP contribution is 2.50. The van der Waals surface area contributed by atoms with Crippen molar-refractivity contribution in [1.82, 2.24) is 10.3 Å². The van der Waals surface area contributed by atoms with Gasteiger partial charge in [0.05, 0.1) is 12.8 Å². The fourth-order valence-corrected chi connectivity index (χ4v) is 4.40. The summed E-state index contributed by atoms with van der Waals surface area (Å²) in [4.78, 5) is 24.5. The molecule has 2 aliphatic rings. The van der Waals surface area contributed by atoms with Crippen LogP contribution in [0.25, 0.3) is 0 Å². The number of carbonyl (C=O) groups is 2. The van der Waals surface area contributed by atoms with Crippen LogP contribution in [-0.4, -0.2) is 49.8 Å². The number of pyridine rings is 1. The van der Waals surface area contributed by atoms with Crippen LogP contribution >= 0.6 is 0 Å². The van der Waals surface area contributed by atoms with Gasteiger partial charge in [-0.2, -0.15) is 5.26 Å². The lowest BCUT2D eigenvalue weighted by Crippen LogP contribution is -2.63. The van der Waals surface area contributed by atoms with Gasteiger partial charge in [0.1, 0.15) is 30.1 Å². The normalized spacial score (nSPS) is 22.0. The molecule has 2 aromatic rings. The molecular weight excluding hydrogens is 490 g/mol. The van der Waals surface area contributed by atoms with Gasteiger partial charge in [-0.25, -0.2) is 4.98 Å². The van der Waals surface area contributed by atoms with Crippen molar-refractivity contribution in [2.45, 2.75) is 44.9 Å². The van der Waals surface area contributed by atoms with Crippen molar-refractivity contribution in [3.8, 4) is 29.1 Å². The highest BCUT2D eigenvalue weighted by molar-refractivity contribution is 5.78. The third-order valence-electron chi connectivity index (χ3n) is 5.79. The predicted octanol–water partition coefficient (Wildman–Crippen LogP) is 3.19. The number of hydrogen-bond acceptors (Lipinski definition) is 9. The third-order valence-corrected chi connectivity index (χ3v) is 5.79. The van der Waals surface area contributed by atoms with E-state index in [0.29, 0.717) is 18.1 Å². The van der Waals surface area contributed by atoms with E-state index in [1.165, 1.54) is 31.4 Å². The number of carbonyl (C=O) groups excluding carboxylic acids is 2. The van der Waals surface area contributed by atoms with E-state index in [9.17, 15) is 13.6 Å². The number of fused-ring (bicyclic) bond motifs is 1. The second-order valence-corrected chi connectivity index (χ2v) is 8.69. The summed E-state index contributed by atoms with van der Waals surface area (Å²) in [5, 5.41) is 11.9. The van der Waals surface area contributed by atoms with Crippen molar-refractivity contribution in [1.29, 1.82) is 5.26 Å². The van der Waals surface area contributed by atoms with E-state index in [4.69, 9.17) is 19.5 Å². The van der Waals surface area contributed by atoms with E-state index in [1.807, 2.05) is 19.8 Å². The van der Waals surface area contributed by atoms with Crippen LogP contribution in [0.2, 0.25) is 0 Å². The van der Waals surface area contributed by atoms with Gasteiger partial charge in [-0.05, 0) is 50.6 Å². The molecule has 1 aromatic heterocycles. The Balaban J connectivity index is 0.00000115. The minimum Gasteiger partial charge on any atom is -0.491 e. The second-order valence-electron chi connectivity index (χ2n) is 8.69. The first-order valence-electron chi connectivity index (χ1n) is 11.3. The molecule has 10 nitrogen and oxygen atoms in total. The second kappa shape index (κ2) is 12.3. The maximum absolute atomic E-state index is 13.1. The number of aromatic nitrogens is 1. The SMILES string of the molecule is C=O.CCC1(NC(=O)COc2ccc3c(c2)OC(F)(F)O3)CC(C)(COc2ccc(C#N)nc2)C1.CN. The van der Waals surface area contributed by atoms with E-state index >= 15 is 0 Å². The lowest BCUT2D eigenvalue weighted by Gasteiger charge is -2.54. The molecule has 0 spiro atoms. The maximum Gasteiger partial charge on any atom is 0.586 e. The molecule has 1 saturated carbocycles. The van der Waals surface area contributed by atoms with Crippen LogP contribution in [0.3, 0.4) is 0 Å². The lowest BCUT2D eigenvalue weighted by molar-refractivity contribution is -0.286. The van der Waals surface area contributed by atoms with Gasteiger partial charge in [-0.15, -0.1) is 8.78 Å². The van der Waals surface area contributed by atoms with Gasteiger partial charge < -0.3 is 34.8 Å². The topological polar surface area (TPSA) is 146 Å². The van der Waals surface area contributed by atoms with E-state index in [2.05, 4.69) is 32.4 Å². The number of alkyl halides is 2. The minimum atomic E-state index is -3.71. The Morgan fingerprint density at radius 1 is 1.16 bits per heavy atom. The number of hydrogen-bond donors (Lipinski definition) is 2. The Morgan fingerprint density at radius 2 is 1.81 bits per heavy atom. The van der Waals surface area contributed by atoms with Gasteiger partial charge in [0.15, 0.2) is 18.1 Å². The molecular formula is C25H30F2N4O6. The zero-order valence-corrected chi connectivity index (χ0v) is 20.9. The summed E-state index contributed by atoms with van der Waals surface area (Å²) in [6.07, 6.45) is 0.00895. The van der Waals surface area contributed by atoms with E-state index in [0.717, 1.165) is 19.3 Å². The quantitative estimate of drug-likeness (QED) is 0.536. The van der Waals surface area contributed by atoms with Gasteiger partial charge in [0, 0.05) is 17.0 Å². The van der Waals surface area contributed by atoms with Crippen molar-refractivity contribution >= 4 is 12.7 Å². The van der Waals surface area contributed by atoms with Gasteiger partial charge in [-0.1, -0.05) is 13.8 Å². The summed E-state index contributed by atoms with van der Waals surface area (Å²) in [5.41, 5.74) is 4.34. The Hall–Kier alpha value is -3.98. The number of nitrogens with one attached hydrogen (secondary N) is 1. The predicted molar refractivity (Wildman–Crippen MR) is 128 cm³/mol. The van der Waals surface area contributed by atoms with Crippen LogP contribution in [-0.2, 0) is 9.59 Å². The zero-order valence-electron chi connectivity index (χ0n) is 20.9. The van der Waals surface area contributed by atoms with Crippen LogP contribution in [0.15, 0.2) is 36.5 Å². The number of amides is 1. The number of nitrogens with two attached hydrogens (primary N) is 1. The van der Waals surface area contributed by atoms with Gasteiger partial charge in [0.2, 0.25) is 0 Å². The lowest BCUT2D eigenvalue weighted by atomic mass is 9.57. The summed E-state index contributed by atoms with van der Waals surface area (Å²) >= 11 is 0. The number of nitrogens with zero attached hydrogens (tertiary/aromatic N) is 2. The van der Waals surface area contributed by atoms with Crippen LogP contribution in [0, 0.1) is 16.7 Å². The number of halogens is 2. The molecule has 37 heavy (non-hydrogen) atoms. The molecule has 12 heteroatoms. The van der Waals surface area contributed by atoms with Crippen LogP contribution in [0.4, 0.5) is 8.78 Å². The zero-order chi connectivity index (χ0) is 27.7. The highest BCUT2D eigenvalue weighted by atomic mass is 19.3. The van der Waals surface area contributed by atoms with Crippen LogP contribution in [0.5, 0.6) is 23.0 Å². The molecule has 0 saturated heterocycles. The molecule has 0 bridgehead atoms. The molecule has 1 aliphatic carbocycles. The highest BCUT2D eigenvalue weighted by Gasteiger charge is 2.52. The summed E-state index contributed by atoms with van der Waals surface area (Å²) < 4.78 is 46.3. The molecule has 0 radical (unpaired) electrons. The summed E-state index contributed by atoms with van der Waals surface area (Å²) in [7, 11) is 1.50. The van der Waals surface area contributed by atoms with Crippen molar-refractivity contribution in [2.75, 3.05) is 20.3 Å². The molecule has 1 aliphatic heterocycles. The van der Waals surface area contributed by atoms with E-state index in [1.54, 1.807) is 12.1 Å². The number of rotatable bonds is 8. The van der Waals surface area contributed by atoms with Crippen molar-refractivity contribution < 1.29 is 37.3 Å². The Morgan fingerprint density at radius 3 is 2.41 bits per heavy atom. The molecule has 0 atom stereocenters. The van der Waals surface area contributed by atoms with Gasteiger partial charge >= 0.3 is 6.29 Å². The average Bonchev–Trinajstić information content (AvgIpc) is 3.21. The Kier molecular flexibility index (Phi) is 9.74. The van der Waals surface area contributed by atoms with Crippen molar-refractivity contribution in [3.05, 3.63) is 42.2 Å². The minimum absolute atomic E-state index is 0.0884. The fourth-order valence-electron chi connectivity index (χ4n) is 4.40. The standard InChI is InChI=1S/C23H23F2N3O5.CH5N.CH2O/c1-3-22(12-21(2,13-22)14-31-17-5-4-15(9-26)27-10-17)28-20(29)11-30-16-6-7-18-19(8-16)33-23(24,25)32-18;2*1-2/h4-8,10H,3,11-14H2,1-2H3,(H,28,29);2H2,1H3;1H2. The van der Waals surface area contributed by atoms with Gasteiger partial charge in [-0.3, -0.25) is 4.79 Å². The van der Waals surface area contributed by atoms with E-state index in [-0.39, 0.29) is 40.7 Å². The Bertz CT molecular complexity index is 1100. The Labute approximate surface area is 213 Å². The van der Waals surface area contributed by atoms with Crippen LogP contribution in [0.1, 0.15) is 38.8 Å². The molecule has 2 heterocycles. The third kappa shape index (κ3) is 7.50. The van der Waals surface area contributed by atoms with Crippen molar-refractivity contribution in [3.63, 3.8) is 0 Å². The first-order chi connectivity index (χ1) is 17.6. The maximum atomic E-state index is 13.1. The molecule has 3 N–H and O–H groups in total. The molecule has 4 rings (SSSR count). The molecule has 0 unspecified atom stereocenters. The largest absolute Gasteiger partial charge is 0.586 e. The number of nitriles is 1. The molecule has 200 valence electrons. The van der Waals surface area contributed by atoms with Gasteiger partial charge in [0.25, 0.3) is 5.91 Å². The monoisotopic (exact) mass is 520 g/mol. The summed E-state index contributed by atoms with van der Waals surface area (Å²) in [6, 6.07) is 9.26. The van der Waals surface area contributed by atoms with E-state index < -0.39 is 6.29 Å². The number of benzene rings is 1.